The number of nitrogens with two attached hydrogens (primary N) is 1. The van der Waals surface area contributed by atoms with Gasteiger partial charge in [-0.15, -0.1) is 0 Å². The Balaban J connectivity index is 2.22. The lowest BCUT2D eigenvalue weighted by Gasteiger charge is -2.10. The van der Waals surface area contributed by atoms with E-state index in [0.717, 1.165) is 0 Å². The van der Waals surface area contributed by atoms with Crippen molar-refractivity contribution in [3.8, 4) is 5.75 Å². The number of nitrogens with zero attached hydrogens (tertiary/aromatic N) is 1. The molecule has 2 aromatic carbocycles. The molecule has 1 amide bonds. The molecule has 0 aliphatic carbocycles. The average Bonchev–Trinajstić information content (AvgIpc) is 2.46. The molecule has 0 aromatic heterocycles. The van der Waals surface area contributed by atoms with E-state index in [4.69, 9.17) is 10.5 Å². The van der Waals surface area contributed by atoms with Crippen LogP contribution in [0.5, 0.6) is 5.75 Å². The predicted molar refractivity (Wildman–Crippen MR) is 80.1 cm³/mol. The van der Waals surface area contributed by atoms with E-state index in [-0.39, 0.29) is 12.3 Å². The molecular formula is C14H11BrN2O4. The van der Waals surface area contributed by atoms with Crippen molar-refractivity contribution < 1.29 is 14.5 Å². The maximum absolute atomic E-state index is 11.3. The number of ether oxygens (including phenoxy) is 1. The molecule has 0 saturated carbocycles. The molecule has 0 bridgehead atoms. The number of rotatable bonds is 5. The van der Waals surface area contributed by atoms with Crippen molar-refractivity contribution in [2.45, 2.75) is 6.61 Å². The molecule has 0 unspecified atom stereocenters. The van der Waals surface area contributed by atoms with E-state index in [1.807, 2.05) is 0 Å². The first-order valence-corrected chi connectivity index (χ1v) is 6.73. The quantitative estimate of drug-likeness (QED) is 0.662. The van der Waals surface area contributed by atoms with E-state index in [1.165, 1.54) is 18.2 Å². The summed E-state index contributed by atoms with van der Waals surface area (Å²) in [6, 6.07) is 11.0. The average molecular weight is 351 g/mol. The summed E-state index contributed by atoms with van der Waals surface area (Å²) >= 11 is 3.26. The van der Waals surface area contributed by atoms with Crippen molar-refractivity contribution in [3.63, 3.8) is 0 Å². The smallest absolute Gasteiger partial charge is 0.273 e. The molecule has 0 spiro atoms. The standard InChI is InChI=1S/C14H11BrN2O4/c15-12-6-5-10(17(19)20)7-13(12)21-8-9-3-1-2-4-11(9)14(16)18/h1-7H,8H2,(H2,16,18). The van der Waals surface area contributed by atoms with Gasteiger partial charge < -0.3 is 10.5 Å². The molecule has 0 heterocycles. The maximum Gasteiger partial charge on any atom is 0.273 e. The fourth-order valence-corrected chi connectivity index (χ4v) is 2.12. The summed E-state index contributed by atoms with van der Waals surface area (Å²) in [7, 11) is 0. The molecule has 0 atom stereocenters. The molecule has 0 aliphatic rings. The van der Waals surface area contributed by atoms with Crippen LogP contribution in [0.4, 0.5) is 5.69 Å². The molecule has 0 radical (unpaired) electrons. The van der Waals surface area contributed by atoms with Crippen molar-refractivity contribution in [1.82, 2.24) is 0 Å². The molecule has 0 saturated heterocycles. The van der Waals surface area contributed by atoms with Crippen LogP contribution in [0.3, 0.4) is 0 Å². The number of hydrogen-bond donors (Lipinski definition) is 1. The van der Waals surface area contributed by atoms with Crippen LogP contribution < -0.4 is 10.5 Å². The van der Waals surface area contributed by atoms with Crippen molar-refractivity contribution >= 4 is 27.5 Å². The number of carbonyl (C=O) groups excluding carboxylic acids is 1. The summed E-state index contributed by atoms with van der Waals surface area (Å²) in [5.41, 5.74) is 6.19. The lowest BCUT2D eigenvalue weighted by molar-refractivity contribution is -0.385. The second kappa shape index (κ2) is 6.36. The molecule has 2 rings (SSSR count). The zero-order valence-corrected chi connectivity index (χ0v) is 12.4. The predicted octanol–water partition coefficient (Wildman–Crippen LogP) is 3.04. The highest BCUT2D eigenvalue weighted by atomic mass is 79.9. The molecule has 2 N–H and O–H groups in total. The summed E-state index contributed by atoms with van der Waals surface area (Å²) in [6.07, 6.45) is 0. The molecule has 0 fully saturated rings. The van der Waals surface area contributed by atoms with Crippen molar-refractivity contribution in [2.75, 3.05) is 0 Å². The third-order valence-corrected chi connectivity index (χ3v) is 3.45. The zero-order chi connectivity index (χ0) is 15.4. The second-order valence-corrected chi connectivity index (χ2v) is 5.04. The van der Waals surface area contributed by atoms with E-state index >= 15 is 0 Å². The van der Waals surface area contributed by atoms with E-state index in [0.29, 0.717) is 21.3 Å². The van der Waals surface area contributed by atoms with Crippen LogP contribution in [-0.4, -0.2) is 10.8 Å². The van der Waals surface area contributed by atoms with Crippen LogP contribution in [-0.2, 0) is 6.61 Å². The lowest BCUT2D eigenvalue weighted by atomic mass is 10.1. The number of hydrogen-bond acceptors (Lipinski definition) is 4. The first kappa shape index (κ1) is 15.0. The maximum atomic E-state index is 11.3. The van der Waals surface area contributed by atoms with E-state index < -0.39 is 10.8 Å². The zero-order valence-electron chi connectivity index (χ0n) is 10.8. The van der Waals surface area contributed by atoms with Gasteiger partial charge in [0.15, 0.2) is 0 Å². The highest BCUT2D eigenvalue weighted by Crippen LogP contribution is 2.30. The Morgan fingerprint density at radius 1 is 1.29 bits per heavy atom. The van der Waals surface area contributed by atoms with E-state index in [9.17, 15) is 14.9 Å². The van der Waals surface area contributed by atoms with Crippen molar-refractivity contribution in [1.29, 1.82) is 0 Å². The summed E-state index contributed by atoms with van der Waals surface area (Å²) in [4.78, 5) is 21.6. The second-order valence-electron chi connectivity index (χ2n) is 4.18. The number of nitro benzene ring substituents is 1. The van der Waals surface area contributed by atoms with Crippen LogP contribution in [0.15, 0.2) is 46.9 Å². The van der Waals surface area contributed by atoms with E-state index in [2.05, 4.69) is 15.9 Å². The summed E-state index contributed by atoms with van der Waals surface area (Å²) in [5, 5.41) is 10.8. The molecule has 108 valence electrons. The molecule has 2 aromatic rings. The minimum atomic E-state index is -0.549. The fraction of sp³-hybridized carbons (Fsp3) is 0.0714. The van der Waals surface area contributed by atoms with Crippen molar-refractivity contribution in [3.05, 3.63) is 68.2 Å². The number of amides is 1. The Morgan fingerprint density at radius 3 is 2.67 bits per heavy atom. The largest absolute Gasteiger partial charge is 0.487 e. The molecular weight excluding hydrogens is 340 g/mol. The normalized spacial score (nSPS) is 10.1. The van der Waals surface area contributed by atoms with Gasteiger partial charge in [-0.05, 0) is 28.1 Å². The molecule has 7 heteroatoms. The minimum absolute atomic E-state index is 0.0728. The van der Waals surface area contributed by atoms with Crippen LogP contribution >= 0.6 is 15.9 Å². The van der Waals surface area contributed by atoms with Gasteiger partial charge in [0.1, 0.15) is 12.4 Å². The van der Waals surface area contributed by atoms with Crippen LogP contribution in [0.2, 0.25) is 0 Å². The van der Waals surface area contributed by atoms with Crippen LogP contribution in [0.1, 0.15) is 15.9 Å². The number of benzene rings is 2. The van der Waals surface area contributed by atoms with Crippen LogP contribution in [0, 0.1) is 10.1 Å². The third-order valence-electron chi connectivity index (χ3n) is 2.79. The van der Waals surface area contributed by atoms with Gasteiger partial charge in [-0.2, -0.15) is 0 Å². The summed E-state index contributed by atoms with van der Waals surface area (Å²) in [5.74, 6) is -0.226. The van der Waals surface area contributed by atoms with Crippen LogP contribution in [0.25, 0.3) is 0 Å². The number of non-ortho nitro benzene ring substituents is 1. The van der Waals surface area contributed by atoms with E-state index in [1.54, 1.807) is 24.3 Å². The van der Waals surface area contributed by atoms with Gasteiger partial charge in [-0.3, -0.25) is 14.9 Å². The van der Waals surface area contributed by atoms with Gasteiger partial charge in [0.2, 0.25) is 5.91 Å². The topological polar surface area (TPSA) is 95.5 Å². The van der Waals surface area contributed by atoms with Gasteiger partial charge in [0.05, 0.1) is 15.5 Å². The number of carbonyl (C=O) groups is 1. The van der Waals surface area contributed by atoms with Gasteiger partial charge in [0, 0.05) is 17.2 Å². The van der Waals surface area contributed by atoms with Gasteiger partial charge in [-0.25, -0.2) is 0 Å². The molecule has 21 heavy (non-hydrogen) atoms. The minimum Gasteiger partial charge on any atom is -0.487 e. The Kier molecular flexibility index (Phi) is 4.54. The number of halogens is 1. The first-order chi connectivity index (χ1) is 9.99. The van der Waals surface area contributed by atoms with Gasteiger partial charge in [0.25, 0.3) is 5.69 Å². The Bertz CT molecular complexity index is 703. The summed E-state index contributed by atoms with van der Waals surface area (Å²) in [6.45, 7) is 0.0822. The Labute approximate surface area is 128 Å². The lowest BCUT2D eigenvalue weighted by Crippen LogP contribution is -2.14. The van der Waals surface area contributed by atoms with Gasteiger partial charge in [-0.1, -0.05) is 18.2 Å². The molecule has 6 nitrogen and oxygen atoms in total. The SMILES string of the molecule is NC(=O)c1ccccc1COc1cc([N+](=O)[O-])ccc1Br. The summed E-state index contributed by atoms with van der Waals surface area (Å²) < 4.78 is 6.13. The number of nitro groups is 1. The fourth-order valence-electron chi connectivity index (χ4n) is 1.76. The van der Waals surface area contributed by atoms with Gasteiger partial charge >= 0.3 is 0 Å². The molecule has 0 aliphatic heterocycles. The monoisotopic (exact) mass is 350 g/mol. The Hall–Kier alpha value is -2.41. The number of primary amides is 1. The Morgan fingerprint density at radius 2 is 2.00 bits per heavy atom. The third kappa shape index (κ3) is 3.57. The first-order valence-electron chi connectivity index (χ1n) is 5.93. The highest BCUT2D eigenvalue weighted by Gasteiger charge is 2.12. The van der Waals surface area contributed by atoms with Crippen molar-refractivity contribution in [2.24, 2.45) is 5.73 Å². The highest BCUT2D eigenvalue weighted by molar-refractivity contribution is 9.10.